The molecule has 0 radical (unpaired) electrons. The van der Waals surface area contributed by atoms with E-state index in [0.717, 1.165) is 21.3 Å². The number of carbonyl (C=O) groups is 2. The lowest BCUT2D eigenvalue weighted by atomic mass is 10.1. The van der Waals surface area contributed by atoms with Gasteiger partial charge in [-0.05, 0) is 38.1 Å². The molecular weight excluding hydrogens is 410 g/mol. The number of nitrogens with one attached hydrogen (secondary N) is 1. The lowest BCUT2D eigenvalue weighted by Gasteiger charge is -2.37. The molecule has 3 heterocycles. The van der Waals surface area contributed by atoms with E-state index >= 15 is 0 Å². The first-order valence-electron chi connectivity index (χ1n) is 10.3. The van der Waals surface area contributed by atoms with Gasteiger partial charge in [-0.3, -0.25) is 14.6 Å². The highest BCUT2D eigenvalue weighted by molar-refractivity contribution is 7.11. The number of aryl methyl sites for hydroxylation is 2. The van der Waals surface area contributed by atoms with E-state index in [2.05, 4.69) is 20.2 Å². The summed E-state index contributed by atoms with van der Waals surface area (Å²) in [7, 11) is 0. The molecule has 1 aliphatic rings. The van der Waals surface area contributed by atoms with E-state index in [-0.39, 0.29) is 11.8 Å². The molecule has 160 valence electrons. The van der Waals surface area contributed by atoms with Crippen molar-refractivity contribution in [2.75, 3.05) is 36.4 Å². The molecule has 1 aromatic carbocycles. The summed E-state index contributed by atoms with van der Waals surface area (Å²) in [5.41, 5.74) is 3.16. The molecule has 0 atom stereocenters. The highest BCUT2D eigenvalue weighted by Crippen LogP contribution is 2.24. The van der Waals surface area contributed by atoms with Gasteiger partial charge in [-0.15, -0.1) is 11.3 Å². The molecule has 0 saturated carbocycles. The molecule has 2 aromatic heterocycles. The fourth-order valence-electron chi connectivity index (χ4n) is 3.76. The van der Waals surface area contributed by atoms with Crippen molar-refractivity contribution in [1.82, 2.24) is 14.9 Å². The third kappa shape index (κ3) is 4.91. The molecule has 0 unspecified atom stereocenters. The van der Waals surface area contributed by atoms with Crippen LogP contribution < -0.4 is 10.2 Å². The average molecular weight is 436 g/mol. The summed E-state index contributed by atoms with van der Waals surface area (Å²) in [6.07, 6.45) is 3.70. The first-order chi connectivity index (χ1) is 15.0. The summed E-state index contributed by atoms with van der Waals surface area (Å²) in [6.45, 7) is 6.56. The maximum atomic E-state index is 12.9. The van der Waals surface area contributed by atoms with Crippen molar-refractivity contribution >= 4 is 34.5 Å². The van der Waals surface area contributed by atoms with Crippen molar-refractivity contribution in [2.45, 2.75) is 20.3 Å². The predicted molar refractivity (Wildman–Crippen MR) is 123 cm³/mol. The van der Waals surface area contributed by atoms with Gasteiger partial charge < -0.3 is 15.1 Å². The number of hydrogen-bond acceptors (Lipinski definition) is 6. The largest absolute Gasteiger partial charge is 0.367 e. The van der Waals surface area contributed by atoms with Crippen LogP contribution in [0.2, 0.25) is 0 Å². The Labute approximate surface area is 185 Å². The second-order valence-electron chi connectivity index (χ2n) is 7.49. The van der Waals surface area contributed by atoms with Gasteiger partial charge in [0.15, 0.2) is 0 Å². The van der Waals surface area contributed by atoms with Gasteiger partial charge >= 0.3 is 0 Å². The average Bonchev–Trinajstić information content (AvgIpc) is 3.11. The molecule has 1 N–H and O–H groups in total. The first kappa shape index (κ1) is 21.0. The summed E-state index contributed by atoms with van der Waals surface area (Å²) in [4.78, 5) is 39.1. The summed E-state index contributed by atoms with van der Waals surface area (Å²) < 4.78 is 0. The van der Waals surface area contributed by atoms with Crippen LogP contribution in [0, 0.1) is 13.8 Å². The zero-order chi connectivity index (χ0) is 21.8. The Hall–Kier alpha value is -3.26. The van der Waals surface area contributed by atoms with Gasteiger partial charge in [-0.25, -0.2) is 4.98 Å². The van der Waals surface area contributed by atoms with Crippen LogP contribution in [-0.2, 0) is 11.2 Å². The van der Waals surface area contributed by atoms with Gasteiger partial charge in [0.25, 0.3) is 5.91 Å². The summed E-state index contributed by atoms with van der Waals surface area (Å²) >= 11 is 1.59. The van der Waals surface area contributed by atoms with Gasteiger partial charge in [0.2, 0.25) is 5.91 Å². The van der Waals surface area contributed by atoms with Gasteiger partial charge in [0.05, 0.1) is 22.7 Å². The number of para-hydroxylation sites is 1. The quantitative estimate of drug-likeness (QED) is 0.665. The van der Waals surface area contributed by atoms with Gasteiger partial charge in [-0.2, -0.15) is 0 Å². The number of carbonyl (C=O) groups excluding carboxylic acids is 2. The Balaban J connectivity index is 1.40. The van der Waals surface area contributed by atoms with Gasteiger partial charge in [0.1, 0.15) is 0 Å². The van der Waals surface area contributed by atoms with Gasteiger partial charge in [0, 0.05) is 54.8 Å². The Morgan fingerprint density at radius 1 is 1.03 bits per heavy atom. The van der Waals surface area contributed by atoms with Crippen molar-refractivity contribution < 1.29 is 9.59 Å². The Morgan fingerprint density at radius 2 is 1.74 bits per heavy atom. The van der Waals surface area contributed by atoms with Crippen LogP contribution in [0.25, 0.3) is 0 Å². The molecule has 0 bridgehead atoms. The Kier molecular flexibility index (Phi) is 6.27. The molecule has 2 amide bonds. The van der Waals surface area contributed by atoms with Crippen molar-refractivity contribution in [3.05, 3.63) is 69.9 Å². The number of amides is 2. The SMILES string of the molecule is Cc1nc(C)c(CC(=O)N2CCN(c3ccccc3C(=O)Nc3ccncc3)CC2)s1. The van der Waals surface area contributed by atoms with Crippen molar-refractivity contribution in [3.8, 4) is 0 Å². The van der Waals surface area contributed by atoms with Crippen molar-refractivity contribution in [2.24, 2.45) is 0 Å². The summed E-state index contributed by atoms with van der Waals surface area (Å²) in [5.74, 6) is -0.0218. The Bertz CT molecular complexity index is 1070. The minimum atomic E-state index is -0.156. The smallest absolute Gasteiger partial charge is 0.257 e. The minimum absolute atomic E-state index is 0.134. The van der Waals surface area contributed by atoms with E-state index in [1.165, 1.54) is 0 Å². The van der Waals surface area contributed by atoms with Crippen molar-refractivity contribution in [1.29, 1.82) is 0 Å². The van der Waals surface area contributed by atoms with Crippen LogP contribution in [0.3, 0.4) is 0 Å². The van der Waals surface area contributed by atoms with Crippen LogP contribution in [0.4, 0.5) is 11.4 Å². The van der Waals surface area contributed by atoms with E-state index in [9.17, 15) is 9.59 Å². The number of rotatable bonds is 5. The number of piperazine rings is 1. The van der Waals surface area contributed by atoms with Crippen LogP contribution in [0.5, 0.6) is 0 Å². The molecule has 31 heavy (non-hydrogen) atoms. The lowest BCUT2D eigenvalue weighted by molar-refractivity contribution is -0.130. The monoisotopic (exact) mass is 435 g/mol. The first-order valence-corrected chi connectivity index (χ1v) is 11.1. The zero-order valence-electron chi connectivity index (χ0n) is 17.7. The number of nitrogens with zero attached hydrogens (tertiary/aromatic N) is 4. The normalized spacial score (nSPS) is 13.9. The highest BCUT2D eigenvalue weighted by atomic mass is 32.1. The number of aromatic nitrogens is 2. The summed E-state index contributed by atoms with van der Waals surface area (Å²) in [6, 6.07) is 11.1. The molecule has 1 saturated heterocycles. The maximum Gasteiger partial charge on any atom is 0.257 e. The number of benzene rings is 1. The molecule has 4 rings (SSSR count). The number of hydrogen-bond donors (Lipinski definition) is 1. The number of pyridine rings is 1. The molecule has 1 aliphatic heterocycles. The van der Waals surface area contributed by atoms with E-state index < -0.39 is 0 Å². The molecule has 0 spiro atoms. The molecule has 7 nitrogen and oxygen atoms in total. The molecule has 8 heteroatoms. The lowest BCUT2D eigenvalue weighted by Crippen LogP contribution is -2.49. The van der Waals surface area contributed by atoms with Gasteiger partial charge in [-0.1, -0.05) is 12.1 Å². The van der Waals surface area contributed by atoms with Crippen LogP contribution >= 0.6 is 11.3 Å². The molecular formula is C23H25N5O2S. The van der Waals surface area contributed by atoms with E-state index in [1.54, 1.807) is 35.9 Å². The van der Waals surface area contributed by atoms with Crippen molar-refractivity contribution in [3.63, 3.8) is 0 Å². The number of anilines is 2. The van der Waals surface area contributed by atoms with Crippen LogP contribution in [0.15, 0.2) is 48.8 Å². The van der Waals surface area contributed by atoms with Crippen LogP contribution in [-0.4, -0.2) is 52.9 Å². The maximum absolute atomic E-state index is 12.9. The third-order valence-electron chi connectivity index (χ3n) is 5.37. The fourth-order valence-corrected chi connectivity index (χ4v) is 4.69. The Morgan fingerprint density at radius 3 is 2.42 bits per heavy atom. The van der Waals surface area contributed by atoms with E-state index in [1.807, 2.05) is 43.0 Å². The van der Waals surface area contributed by atoms with E-state index in [4.69, 9.17) is 0 Å². The minimum Gasteiger partial charge on any atom is -0.367 e. The molecule has 3 aromatic rings. The predicted octanol–water partition coefficient (Wildman–Crippen LogP) is 3.30. The topological polar surface area (TPSA) is 78.4 Å². The fraction of sp³-hybridized carbons (Fsp3) is 0.304. The van der Waals surface area contributed by atoms with Crippen LogP contribution in [0.1, 0.15) is 25.9 Å². The van der Waals surface area contributed by atoms with E-state index in [0.29, 0.717) is 43.9 Å². The molecule has 0 aliphatic carbocycles. The second-order valence-corrected chi connectivity index (χ2v) is 8.78. The highest BCUT2D eigenvalue weighted by Gasteiger charge is 2.25. The zero-order valence-corrected chi connectivity index (χ0v) is 18.5. The number of thiazole rings is 1. The summed E-state index contributed by atoms with van der Waals surface area (Å²) in [5, 5.41) is 3.92. The third-order valence-corrected chi connectivity index (χ3v) is 6.44. The standard InChI is InChI=1S/C23H25N5O2S/c1-16-21(31-17(2)25-16)15-22(29)28-13-11-27(12-14-28)20-6-4-3-5-19(20)23(30)26-18-7-9-24-10-8-18/h3-10H,11-15H2,1-2H3,(H,24,26,30). The molecule has 1 fully saturated rings. The second kappa shape index (κ2) is 9.26.